The standard InChI is InChI=1S/C16H25NO2/c1-11(2)10-17-16(18)9-13-6-7-15(19-5)14(8-13)12(3)4/h6-8,11-12H,9-10H2,1-5H3,(H,17,18). The number of ether oxygens (including phenoxy) is 1. The van der Waals surface area contributed by atoms with E-state index in [1.807, 2.05) is 12.1 Å². The van der Waals surface area contributed by atoms with E-state index in [4.69, 9.17) is 4.74 Å². The Morgan fingerprint density at radius 1 is 1.26 bits per heavy atom. The summed E-state index contributed by atoms with van der Waals surface area (Å²) >= 11 is 0. The van der Waals surface area contributed by atoms with Crippen molar-refractivity contribution in [1.29, 1.82) is 0 Å². The second kappa shape index (κ2) is 7.17. The fourth-order valence-electron chi connectivity index (χ4n) is 1.91. The van der Waals surface area contributed by atoms with Crippen LogP contribution in [0.4, 0.5) is 0 Å². The molecule has 0 unspecified atom stereocenters. The van der Waals surface area contributed by atoms with E-state index in [0.29, 0.717) is 18.3 Å². The van der Waals surface area contributed by atoms with Crippen molar-refractivity contribution in [3.8, 4) is 5.75 Å². The minimum absolute atomic E-state index is 0.0774. The highest BCUT2D eigenvalue weighted by atomic mass is 16.5. The van der Waals surface area contributed by atoms with Crippen molar-refractivity contribution in [2.24, 2.45) is 5.92 Å². The van der Waals surface area contributed by atoms with Gasteiger partial charge in [-0.1, -0.05) is 39.8 Å². The monoisotopic (exact) mass is 263 g/mol. The fraction of sp³-hybridized carbons (Fsp3) is 0.562. The molecule has 0 aliphatic heterocycles. The molecule has 3 heteroatoms. The summed E-state index contributed by atoms with van der Waals surface area (Å²) in [6, 6.07) is 5.97. The predicted octanol–water partition coefficient (Wildman–Crippen LogP) is 3.13. The highest BCUT2D eigenvalue weighted by molar-refractivity contribution is 5.78. The third-order valence-electron chi connectivity index (χ3n) is 2.99. The molecule has 1 amide bonds. The molecule has 0 atom stereocenters. The Morgan fingerprint density at radius 3 is 2.47 bits per heavy atom. The molecule has 1 aromatic rings. The molecule has 0 spiro atoms. The zero-order chi connectivity index (χ0) is 14.4. The molecule has 106 valence electrons. The lowest BCUT2D eigenvalue weighted by molar-refractivity contribution is -0.120. The van der Waals surface area contributed by atoms with Crippen molar-refractivity contribution < 1.29 is 9.53 Å². The normalized spacial score (nSPS) is 10.9. The summed E-state index contributed by atoms with van der Waals surface area (Å²) in [6.07, 6.45) is 0.427. The number of amides is 1. The minimum atomic E-state index is 0.0774. The zero-order valence-electron chi connectivity index (χ0n) is 12.6. The van der Waals surface area contributed by atoms with E-state index in [9.17, 15) is 4.79 Å². The van der Waals surface area contributed by atoms with Crippen LogP contribution in [0.15, 0.2) is 18.2 Å². The maximum absolute atomic E-state index is 11.8. The van der Waals surface area contributed by atoms with Gasteiger partial charge in [-0.05, 0) is 29.0 Å². The van der Waals surface area contributed by atoms with E-state index in [2.05, 4.69) is 39.1 Å². The second-order valence-electron chi connectivity index (χ2n) is 5.61. The molecule has 0 aromatic heterocycles. The van der Waals surface area contributed by atoms with Crippen LogP contribution in [-0.2, 0) is 11.2 Å². The van der Waals surface area contributed by atoms with Crippen molar-refractivity contribution >= 4 is 5.91 Å². The van der Waals surface area contributed by atoms with Crippen LogP contribution in [-0.4, -0.2) is 19.6 Å². The topological polar surface area (TPSA) is 38.3 Å². The second-order valence-corrected chi connectivity index (χ2v) is 5.61. The Hall–Kier alpha value is -1.51. The Labute approximate surface area is 116 Å². The molecule has 0 bridgehead atoms. The van der Waals surface area contributed by atoms with Crippen LogP contribution >= 0.6 is 0 Å². The molecule has 0 fully saturated rings. The molecule has 1 N–H and O–H groups in total. The van der Waals surface area contributed by atoms with Gasteiger partial charge >= 0.3 is 0 Å². The predicted molar refractivity (Wildman–Crippen MR) is 78.6 cm³/mol. The maximum Gasteiger partial charge on any atom is 0.224 e. The third kappa shape index (κ3) is 4.93. The Balaban J connectivity index is 2.74. The zero-order valence-corrected chi connectivity index (χ0v) is 12.6. The maximum atomic E-state index is 11.8. The lowest BCUT2D eigenvalue weighted by Crippen LogP contribution is -2.28. The summed E-state index contributed by atoms with van der Waals surface area (Å²) in [6.45, 7) is 9.15. The van der Waals surface area contributed by atoms with Crippen molar-refractivity contribution in [1.82, 2.24) is 5.32 Å². The lowest BCUT2D eigenvalue weighted by Gasteiger charge is -2.14. The van der Waals surface area contributed by atoms with Gasteiger partial charge in [-0.25, -0.2) is 0 Å². The molecule has 0 aliphatic rings. The van der Waals surface area contributed by atoms with E-state index in [-0.39, 0.29) is 5.91 Å². The Morgan fingerprint density at radius 2 is 1.95 bits per heavy atom. The summed E-state index contributed by atoms with van der Waals surface area (Å²) in [5, 5.41) is 2.94. The minimum Gasteiger partial charge on any atom is -0.496 e. The van der Waals surface area contributed by atoms with Crippen LogP contribution in [0.1, 0.15) is 44.7 Å². The number of rotatable bonds is 6. The van der Waals surface area contributed by atoms with Crippen molar-refractivity contribution in [3.05, 3.63) is 29.3 Å². The first-order chi connectivity index (χ1) is 8.93. The molecule has 0 saturated heterocycles. The average molecular weight is 263 g/mol. The summed E-state index contributed by atoms with van der Waals surface area (Å²) < 4.78 is 5.35. The van der Waals surface area contributed by atoms with E-state index in [1.165, 1.54) is 0 Å². The first-order valence-electron chi connectivity index (χ1n) is 6.87. The molecule has 19 heavy (non-hydrogen) atoms. The van der Waals surface area contributed by atoms with Gasteiger partial charge in [-0.15, -0.1) is 0 Å². The molecular formula is C16H25NO2. The highest BCUT2D eigenvalue weighted by Crippen LogP contribution is 2.27. The number of carbonyl (C=O) groups is 1. The van der Waals surface area contributed by atoms with Crippen LogP contribution in [0.5, 0.6) is 5.75 Å². The summed E-state index contributed by atoms with van der Waals surface area (Å²) in [7, 11) is 1.68. The molecular weight excluding hydrogens is 238 g/mol. The SMILES string of the molecule is COc1ccc(CC(=O)NCC(C)C)cc1C(C)C. The van der Waals surface area contributed by atoms with Crippen LogP contribution in [0.3, 0.4) is 0 Å². The molecule has 1 rings (SSSR count). The van der Waals surface area contributed by atoms with Crippen molar-refractivity contribution in [2.45, 2.75) is 40.0 Å². The van der Waals surface area contributed by atoms with E-state index >= 15 is 0 Å². The quantitative estimate of drug-likeness (QED) is 0.856. The first-order valence-corrected chi connectivity index (χ1v) is 6.87. The van der Waals surface area contributed by atoms with Gasteiger partial charge in [0.25, 0.3) is 0 Å². The number of carbonyl (C=O) groups excluding carboxylic acids is 1. The van der Waals surface area contributed by atoms with Gasteiger partial charge in [0.15, 0.2) is 0 Å². The smallest absolute Gasteiger partial charge is 0.224 e. The molecule has 0 heterocycles. The van der Waals surface area contributed by atoms with E-state index in [1.54, 1.807) is 7.11 Å². The lowest BCUT2D eigenvalue weighted by atomic mass is 9.98. The van der Waals surface area contributed by atoms with Crippen LogP contribution < -0.4 is 10.1 Å². The fourth-order valence-corrected chi connectivity index (χ4v) is 1.91. The van der Waals surface area contributed by atoms with Gasteiger partial charge in [0.05, 0.1) is 13.5 Å². The molecule has 3 nitrogen and oxygen atoms in total. The highest BCUT2D eigenvalue weighted by Gasteiger charge is 2.10. The van der Waals surface area contributed by atoms with Crippen LogP contribution in [0, 0.1) is 5.92 Å². The summed E-state index contributed by atoms with van der Waals surface area (Å²) in [5.74, 6) is 1.83. The van der Waals surface area contributed by atoms with Gasteiger partial charge in [-0.3, -0.25) is 4.79 Å². The van der Waals surface area contributed by atoms with Gasteiger partial charge in [-0.2, -0.15) is 0 Å². The Kier molecular flexibility index (Phi) is 5.87. The number of methoxy groups -OCH3 is 1. The van der Waals surface area contributed by atoms with Gasteiger partial charge in [0, 0.05) is 6.54 Å². The van der Waals surface area contributed by atoms with Gasteiger partial charge in [0.2, 0.25) is 5.91 Å². The van der Waals surface area contributed by atoms with Crippen molar-refractivity contribution in [2.75, 3.05) is 13.7 Å². The molecule has 1 aromatic carbocycles. The first kappa shape index (κ1) is 15.5. The summed E-state index contributed by atoms with van der Waals surface area (Å²) in [4.78, 5) is 11.8. The number of nitrogens with one attached hydrogen (secondary N) is 1. The Bertz CT molecular complexity index is 425. The molecule has 0 radical (unpaired) electrons. The van der Waals surface area contributed by atoms with Gasteiger partial charge in [0.1, 0.15) is 5.75 Å². The van der Waals surface area contributed by atoms with E-state index < -0.39 is 0 Å². The average Bonchev–Trinajstić information content (AvgIpc) is 2.36. The summed E-state index contributed by atoms with van der Waals surface area (Å²) in [5.41, 5.74) is 2.18. The number of benzene rings is 1. The van der Waals surface area contributed by atoms with Gasteiger partial charge < -0.3 is 10.1 Å². The van der Waals surface area contributed by atoms with E-state index in [0.717, 1.165) is 23.4 Å². The van der Waals surface area contributed by atoms with Crippen molar-refractivity contribution in [3.63, 3.8) is 0 Å². The number of hydrogen-bond donors (Lipinski definition) is 1. The number of hydrogen-bond acceptors (Lipinski definition) is 2. The van der Waals surface area contributed by atoms with Crippen LogP contribution in [0.2, 0.25) is 0 Å². The molecule has 0 aliphatic carbocycles. The van der Waals surface area contributed by atoms with Crippen LogP contribution in [0.25, 0.3) is 0 Å². The third-order valence-corrected chi connectivity index (χ3v) is 2.99. The largest absolute Gasteiger partial charge is 0.496 e. The molecule has 0 saturated carbocycles.